The Kier molecular flexibility index (Phi) is 5.33. The van der Waals surface area contributed by atoms with Crippen LogP contribution in [0.5, 0.6) is 5.75 Å². The number of aryl methyl sites for hydroxylation is 1. The Hall–Kier alpha value is -1.02. The summed E-state index contributed by atoms with van der Waals surface area (Å²) >= 11 is 0. The minimum Gasteiger partial charge on any atom is -0.489 e. The topological polar surface area (TPSA) is 21.3 Å². The van der Waals surface area contributed by atoms with Crippen LogP contribution in [-0.2, 0) is 6.42 Å². The molecule has 1 aromatic carbocycles. The van der Waals surface area contributed by atoms with Gasteiger partial charge in [0.1, 0.15) is 11.9 Å². The first kappa shape index (κ1) is 13.0. The molecule has 0 aliphatic heterocycles. The van der Waals surface area contributed by atoms with Crippen LogP contribution in [0.4, 0.5) is 0 Å². The van der Waals surface area contributed by atoms with E-state index in [-0.39, 0.29) is 6.10 Å². The van der Waals surface area contributed by atoms with Crippen molar-refractivity contribution in [1.82, 2.24) is 5.32 Å². The van der Waals surface area contributed by atoms with Gasteiger partial charge < -0.3 is 10.1 Å². The highest BCUT2D eigenvalue weighted by molar-refractivity contribution is 5.27. The third kappa shape index (κ3) is 4.67. The van der Waals surface area contributed by atoms with Crippen molar-refractivity contribution in [2.24, 2.45) is 0 Å². The summed E-state index contributed by atoms with van der Waals surface area (Å²) in [6.07, 6.45) is 1.28. The zero-order valence-electron chi connectivity index (χ0n) is 10.8. The maximum absolute atomic E-state index is 5.80. The summed E-state index contributed by atoms with van der Waals surface area (Å²) < 4.78 is 5.80. The molecule has 1 aromatic rings. The van der Waals surface area contributed by atoms with Crippen LogP contribution in [0.25, 0.3) is 0 Å². The summed E-state index contributed by atoms with van der Waals surface area (Å²) in [5, 5.41) is 3.36. The highest BCUT2D eigenvalue weighted by atomic mass is 16.5. The van der Waals surface area contributed by atoms with Crippen LogP contribution in [0.2, 0.25) is 0 Å². The van der Waals surface area contributed by atoms with Crippen molar-refractivity contribution in [2.75, 3.05) is 6.54 Å². The molecule has 0 aliphatic rings. The van der Waals surface area contributed by atoms with E-state index < -0.39 is 0 Å². The fourth-order valence-corrected chi connectivity index (χ4v) is 1.48. The lowest BCUT2D eigenvalue weighted by atomic mass is 10.2. The standard InChI is InChI=1S/C14H23NO/c1-5-13-6-8-14(9-7-13)16-12(4)10-15-11(2)3/h6-9,11-12,15H,5,10H2,1-4H3. The monoisotopic (exact) mass is 221 g/mol. The molecular formula is C14H23NO. The summed E-state index contributed by atoms with van der Waals surface area (Å²) in [5.41, 5.74) is 1.35. The van der Waals surface area contributed by atoms with E-state index in [4.69, 9.17) is 4.74 Å². The Morgan fingerprint density at radius 3 is 2.25 bits per heavy atom. The van der Waals surface area contributed by atoms with Crippen molar-refractivity contribution in [3.63, 3.8) is 0 Å². The van der Waals surface area contributed by atoms with E-state index in [0.29, 0.717) is 6.04 Å². The molecule has 16 heavy (non-hydrogen) atoms. The fourth-order valence-electron chi connectivity index (χ4n) is 1.48. The molecule has 0 heterocycles. The zero-order chi connectivity index (χ0) is 12.0. The van der Waals surface area contributed by atoms with Crippen LogP contribution in [-0.4, -0.2) is 18.7 Å². The van der Waals surface area contributed by atoms with Crippen molar-refractivity contribution in [3.05, 3.63) is 29.8 Å². The molecule has 90 valence electrons. The van der Waals surface area contributed by atoms with E-state index in [2.05, 4.69) is 45.1 Å². The number of benzene rings is 1. The average molecular weight is 221 g/mol. The van der Waals surface area contributed by atoms with Gasteiger partial charge in [0, 0.05) is 12.6 Å². The molecule has 0 bridgehead atoms. The normalized spacial score (nSPS) is 12.8. The predicted octanol–water partition coefficient (Wildman–Crippen LogP) is 3.01. The first-order chi connectivity index (χ1) is 7.61. The van der Waals surface area contributed by atoms with E-state index >= 15 is 0 Å². The Balaban J connectivity index is 2.40. The van der Waals surface area contributed by atoms with Gasteiger partial charge in [-0.05, 0) is 31.0 Å². The van der Waals surface area contributed by atoms with Crippen LogP contribution in [0, 0.1) is 0 Å². The second-order valence-electron chi connectivity index (χ2n) is 4.49. The highest BCUT2D eigenvalue weighted by Gasteiger charge is 2.04. The van der Waals surface area contributed by atoms with Gasteiger partial charge in [0.2, 0.25) is 0 Å². The maximum atomic E-state index is 5.80. The molecule has 2 heteroatoms. The van der Waals surface area contributed by atoms with E-state index in [0.717, 1.165) is 18.7 Å². The SMILES string of the molecule is CCc1ccc(OC(C)CNC(C)C)cc1. The lowest BCUT2D eigenvalue weighted by Crippen LogP contribution is -2.33. The average Bonchev–Trinajstić information content (AvgIpc) is 2.27. The Labute approximate surface area is 99.0 Å². The molecule has 0 saturated heterocycles. The van der Waals surface area contributed by atoms with Gasteiger partial charge >= 0.3 is 0 Å². The van der Waals surface area contributed by atoms with Crippen molar-refractivity contribution in [1.29, 1.82) is 0 Å². The van der Waals surface area contributed by atoms with Crippen molar-refractivity contribution < 1.29 is 4.74 Å². The molecule has 0 amide bonds. The second kappa shape index (κ2) is 6.54. The van der Waals surface area contributed by atoms with E-state index in [1.165, 1.54) is 5.56 Å². The van der Waals surface area contributed by atoms with Crippen LogP contribution in [0.15, 0.2) is 24.3 Å². The minimum absolute atomic E-state index is 0.204. The summed E-state index contributed by atoms with van der Waals surface area (Å²) in [7, 11) is 0. The smallest absolute Gasteiger partial charge is 0.119 e. The third-order valence-electron chi connectivity index (χ3n) is 2.48. The molecule has 1 rings (SSSR count). The van der Waals surface area contributed by atoms with Gasteiger partial charge in [-0.3, -0.25) is 0 Å². The van der Waals surface area contributed by atoms with Gasteiger partial charge in [-0.25, -0.2) is 0 Å². The number of hydrogen-bond donors (Lipinski definition) is 1. The predicted molar refractivity (Wildman–Crippen MR) is 69.0 cm³/mol. The summed E-state index contributed by atoms with van der Waals surface area (Å²) in [6, 6.07) is 8.85. The van der Waals surface area contributed by atoms with Gasteiger partial charge in [0.05, 0.1) is 0 Å². The number of hydrogen-bond acceptors (Lipinski definition) is 2. The molecule has 0 aliphatic carbocycles. The Morgan fingerprint density at radius 1 is 1.12 bits per heavy atom. The van der Waals surface area contributed by atoms with Gasteiger partial charge in [-0.1, -0.05) is 32.9 Å². The largest absolute Gasteiger partial charge is 0.489 e. The molecule has 0 aromatic heterocycles. The molecule has 0 spiro atoms. The highest BCUT2D eigenvalue weighted by Crippen LogP contribution is 2.13. The number of rotatable bonds is 6. The molecule has 0 fully saturated rings. The molecule has 0 radical (unpaired) electrons. The van der Waals surface area contributed by atoms with Crippen molar-refractivity contribution >= 4 is 0 Å². The van der Waals surface area contributed by atoms with E-state index in [9.17, 15) is 0 Å². The second-order valence-corrected chi connectivity index (χ2v) is 4.49. The molecule has 1 atom stereocenters. The quantitative estimate of drug-likeness (QED) is 0.797. The van der Waals surface area contributed by atoms with Crippen LogP contribution >= 0.6 is 0 Å². The first-order valence-electron chi connectivity index (χ1n) is 6.10. The van der Waals surface area contributed by atoms with E-state index in [1.54, 1.807) is 0 Å². The van der Waals surface area contributed by atoms with Gasteiger partial charge in [0.15, 0.2) is 0 Å². The molecule has 1 N–H and O–H groups in total. The Morgan fingerprint density at radius 2 is 1.75 bits per heavy atom. The van der Waals surface area contributed by atoms with Crippen LogP contribution in [0.1, 0.15) is 33.3 Å². The van der Waals surface area contributed by atoms with Gasteiger partial charge in [0.25, 0.3) is 0 Å². The minimum atomic E-state index is 0.204. The number of nitrogens with one attached hydrogen (secondary N) is 1. The van der Waals surface area contributed by atoms with Crippen LogP contribution in [0.3, 0.4) is 0 Å². The fraction of sp³-hybridized carbons (Fsp3) is 0.571. The molecular weight excluding hydrogens is 198 g/mol. The Bertz CT molecular complexity index is 292. The summed E-state index contributed by atoms with van der Waals surface area (Å²) in [6.45, 7) is 9.41. The third-order valence-corrected chi connectivity index (χ3v) is 2.48. The number of ether oxygens (including phenoxy) is 1. The summed E-state index contributed by atoms with van der Waals surface area (Å²) in [5.74, 6) is 0.954. The van der Waals surface area contributed by atoms with Crippen molar-refractivity contribution in [2.45, 2.75) is 46.3 Å². The van der Waals surface area contributed by atoms with Gasteiger partial charge in [-0.15, -0.1) is 0 Å². The lowest BCUT2D eigenvalue weighted by molar-refractivity contribution is 0.213. The molecule has 2 nitrogen and oxygen atoms in total. The molecule has 1 unspecified atom stereocenters. The van der Waals surface area contributed by atoms with Gasteiger partial charge in [-0.2, -0.15) is 0 Å². The first-order valence-corrected chi connectivity index (χ1v) is 6.10. The van der Waals surface area contributed by atoms with Crippen LogP contribution < -0.4 is 10.1 Å². The maximum Gasteiger partial charge on any atom is 0.119 e. The van der Waals surface area contributed by atoms with Crippen molar-refractivity contribution in [3.8, 4) is 5.75 Å². The summed E-state index contributed by atoms with van der Waals surface area (Å²) in [4.78, 5) is 0. The van der Waals surface area contributed by atoms with E-state index in [1.807, 2.05) is 12.1 Å². The lowest BCUT2D eigenvalue weighted by Gasteiger charge is -2.17. The zero-order valence-corrected chi connectivity index (χ0v) is 10.8. The molecule has 0 saturated carbocycles.